The monoisotopic (exact) mass is 343 g/mol. The van der Waals surface area contributed by atoms with Crippen LogP contribution in [0.5, 0.6) is 0 Å². The zero-order valence-electron chi connectivity index (χ0n) is 13.8. The van der Waals surface area contributed by atoms with Crippen molar-refractivity contribution in [2.75, 3.05) is 0 Å². The Hall–Kier alpha value is -1.56. The highest BCUT2D eigenvalue weighted by Gasteiger charge is 2.32. The van der Waals surface area contributed by atoms with Crippen LogP contribution >= 0.6 is 0 Å². The van der Waals surface area contributed by atoms with Gasteiger partial charge in [0.05, 0.1) is 5.56 Å². The van der Waals surface area contributed by atoms with Gasteiger partial charge >= 0.3 is 12.1 Å². The molecule has 1 aromatic carbocycles. The van der Waals surface area contributed by atoms with Gasteiger partial charge in [-0.1, -0.05) is 31.9 Å². The number of rotatable bonds is 7. The van der Waals surface area contributed by atoms with E-state index in [1.165, 1.54) is 0 Å². The number of carboxylic acid groups (broad SMARTS) is 1. The number of carboxylic acids is 1. The van der Waals surface area contributed by atoms with Crippen LogP contribution in [0.15, 0.2) is 24.3 Å². The lowest BCUT2D eigenvalue weighted by Crippen LogP contribution is -2.42. The average Bonchev–Trinajstić information content (AvgIpc) is 2.99. The lowest BCUT2D eigenvalue weighted by Gasteiger charge is -2.20. The molecule has 0 aliphatic heterocycles. The van der Waals surface area contributed by atoms with Crippen LogP contribution in [0.25, 0.3) is 0 Å². The predicted molar refractivity (Wildman–Crippen MR) is 85.9 cm³/mol. The number of hydrogen-bond donors (Lipinski definition) is 2. The standard InChI is InChI=1S/C18H24F3NO2/c1-2-3-4-16(17(23)24)22-15-10-7-13(11-15)12-5-8-14(9-6-12)18(19,20)21/h5-6,8-9,13,15-16,22H,2-4,7,10-11H2,1H3,(H,23,24). The highest BCUT2D eigenvalue weighted by atomic mass is 19.4. The smallest absolute Gasteiger partial charge is 0.416 e. The van der Waals surface area contributed by atoms with Crippen LogP contribution in [0.2, 0.25) is 0 Å². The molecule has 0 heterocycles. The fourth-order valence-corrected chi connectivity index (χ4v) is 3.35. The van der Waals surface area contributed by atoms with Crippen LogP contribution in [0.4, 0.5) is 13.2 Å². The minimum absolute atomic E-state index is 0.107. The third-order valence-electron chi connectivity index (χ3n) is 4.72. The van der Waals surface area contributed by atoms with Gasteiger partial charge in [0.25, 0.3) is 0 Å². The van der Waals surface area contributed by atoms with E-state index >= 15 is 0 Å². The summed E-state index contributed by atoms with van der Waals surface area (Å²) in [4.78, 5) is 11.3. The maximum absolute atomic E-state index is 12.6. The van der Waals surface area contributed by atoms with Gasteiger partial charge in [-0.3, -0.25) is 4.79 Å². The van der Waals surface area contributed by atoms with Crippen LogP contribution in [0.3, 0.4) is 0 Å². The Morgan fingerprint density at radius 1 is 1.29 bits per heavy atom. The third kappa shape index (κ3) is 4.97. The van der Waals surface area contributed by atoms with E-state index in [4.69, 9.17) is 0 Å². The number of hydrogen-bond acceptors (Lipinski definition) is 2. The maximum atomic E-state index is 12.6. The first-order valence-electron chi connectivity index (χ1n) is 8.47. The van der Waals surface area contributed by atoms with Gasteiger partial charge in [-0.2, -0.15) is 13.2 Å². The molecule has 0 aromatic heterocycles. The summed E-state index contributed by atoms with van der Waals surface area (Å²) in [5, 5.41) is 12.5. The molecule has 1 fully saturated rings. The summed E-state index contributed by atoms with van der Waals surface area (Å²) in [6.07, 6.45) is 0.578. The van der Waals surface area contributed by atoms with Gasteiger partial charge in [-0.25, -0.2) is 0 Å². The highest BCUT2D eigenvalue weighted by molar-refractivity contribution is 5.73. The summed E-state index contributed by atoms with van der Waals surface area (Å²) in [5.74, 6) is -0.646. The Balaban J connectivity index is 1.93. The summed E-state index contributed by atoms with van der Waals surface area (Å²) >= 11 is 0. The van der Waals surface area contributed by atoms with E-state index in [0.29, 0.717) is 6.42 Å². The van der Waals surface area contributed by atoms with Crippen LogP contribution in [0.1, 0.15) is 62.5 Å². The molecule has 0 saturated heterocycles. The van der Waals surface area contributed by atoms with Crippen LogP contribution in [0, 0.1) is 0 Å². The van der Waals surface area contributed by atoms with E-state index in [9.17, 15) is 23.1 Å². The second-order valence-corrected chi connectivity index (χ2v) is 6.53. The second-order valence-electron chi connectivity index (χ2n) is 6.53. The molecular weight excluding hydrogens is 319 g/mol. The molecule has 134 valence electrons. The number of halogens is 3. The van der Waals surface area contributed by atoms with Crippen LogP contribution in [-0.2, 0) is 11.0 Å². The summed E-state index contributed by atoms with van der Waals surface area (Å²) in [7, 11) is 0. The van der Waals surface area contributed by atoms with E-state index in [1.807, 2.05) is 6.92 Å². The molecule has 0 amide bonds. The molecule has 0 radical (unpaired) electrons. The molecule has 2 rings (SSSR count). The van der Waals surface area contributed by atoms with Crippen molar-refractivity contribution >= 4 is 5.97 Å². The predicted octanol–water partition coefficient (Wildman–Crippen LogP) is 4.57. The third-order valence-corrected chi connectivity index (χ3v) is 4.72. The molecule has 1 aromatic rings. The first-order valence-corrected chi connectivity index (χ1v) is 8.47. The number of carbonyl (C=O) groups is 1. The van der Waals surface area contributed by atoms with Gasteiger partial charge in [-0.15, -0.1) is 0 Å². The van der Waals surface area contributed by atoms with Crippen molar-refractivity contribution in [2.24, 2.45) is 0 Å². The highest BCUT2D eigenvalue weighted by Crippen LogP contribution is 2.36. The second kappa shape index (κ2) is 8.01. The van der Waals surface area contributed by atoms with Gasteiger partial charge in [0.2, 0.25) is 0 Å². The maximum Gasteiger partial charge on any atom is 0.416 e. The minimum atomic E-state index is -4.31. The number of aliphatic carboxylic acids is 1. The van der Waals surface area contributed by atoms with E-state index in [2.05, 4.69) is 5.32 Å². The van der Waals surface area contributed by atoms with Crippen molar-refractivity contribution in [2.45, 2.75) is 69.6 Å². The van der Waals surface area contributed by atoms with E-state index in [1.54, 1.807) is 12.1 Å². The van der Waals surface area contributed by atoms with Crippen molar-refractivity contribution in [3.05, 3.63) is 35.4 Å². The SMILES string of the molecule is CCCCC(NC1CCC(c2ccc(C(F)(F)F)cc2)C1)C(=O)O. The van der Waals surface area contributed by atoms with Gasteiger partial charge in [0.1, 0.15) is 6.04 Å². The summed E-state index contributed by atoms with van der Waals surface area (Å²) in [6, 6.07) is 4.90. The molecule has 0 spiro atoms. The van der Waals surface area contributed by atoms with Crippen LogP contribution in [-0.4, -0.2) is 23.2 Å². The lowest BCUT2D eigenvalue weighted by atomic mass is 9.96. The summed E-state index contributed by atoms with van der Waals surface area (Å²) < 4.78 is 37.8. The molecule has 1 aliphatic carbocycles. The Kier molecular flexibility index (Phi) is 6.27. The Morgan fingerprint density at radius 2 is 1.96 bits per heavy atom. The van der Waals surface area contributed by atoms with Gasteiger partial charge < -0.3 is 10.4 Å². The first-order chi connectivity index (χ1) is 11.3. The Bertz CT molecular complexity index is 542. The molecule has 3 nitrogen and oxygen atoms in total. The molecule has 1 saturated carbocycles. The quantitative estimate of drug-likeness (QED) is 0.762. The largest absolute Gasteiger partial charge is 0.480 e. The van der Waals surface area contributed by atoms with Crippen molar-refractivity contribution in [3.63, 3.8) is 0 Å². The van der Waals surface area contributed by atoms with Gasteiger partial charge in [0, 0.05) is 6.04 Å². The van der Waals surface area contributed by atoms with Crippen molar-refractivity contribution in [1.29, 1.82) is 0 Å². The van der Waals surface area contributed by atoms with Crippen molar-refractivity contribution in [1.82, 2.24) is 5.32 Å². The van der Waals surface area contributed by atoms with E-state index in [-0.39, 0.29) is 12.0 Å². The minimum Gasteiger partial charge on any atom is -0.480 e. The molecule has 1 aliphatic rings. The van der Waals surface area contributed by atoms with Crippen molar-refractivity contribution in [3.8, 4) is 0 Å². The number of nitrogens with one attached hydrogen (secondary N) is 1. The molecule has 3 atom stereocenters. The fraction of sp³-hybridized carbons (Fsp3) is 0.611. The van der Waals surface area contributed by atoms with E-state index in [0.717, 1.165) is 49.8 Å². The number of alkyl halides is 3. The lowest BCUT2D eigenvalue weighted by molar-refractivity contribution is -0.140. The molecular formula is C18H24F3NO2. The zero-order valence-corrected chi connectivity index (χ0v) is 13.8. The average molecular weight is 343 g/mol. The number of benzene rings is 1. The Morgan fingerprint density at radius 3 is 2.50 bits per heavy atom. The molecule has 24 heavy (non-hydrogen) atoms. The Labute approximate surface area is 140 Å². The van der Waals surface area contributed by atoms with Gasteiger partial charge in [0.15, 0.2) is 0 Å². The zero-order chi connectivity index (χ0) is 17.7. The first kappa shape index (κ1) is 18.8. The van der Waals surface area contributed by atoms with Gasteiger partial charge in [-0.05, 0) is 49.3 Å². The molecule has 3 unspecified atom stereocenters. The fourth-order valence-electron chi connectivity index (χ4n) is 3.35. The normalized spacial score (nSPS) is 22.5. The van der Waals surface area contributed by atoms with Crippen LogP contribution < -0.4 is 5.32 Å². The molecule has 0 bridgehead atoms. The molecule has 6 heteroatoms. The van der Waals surface area contributed by atoms with E-state index < -0.39 is 23.8 Å². The van der Waals surface area contributed by atoms with Crippen molar-refractivity contribution < 1.29 is 23.1 Å². The topological polar surface area (TPSA) is 49.3 Å². The summed E-state index contributed by atoms with van der Waals surface area (Å²) in [5.41, 5.74) is 0.261. The number of unbranched alkanes of at least 4 members (excludes halogenated alkanes) is 1. The summed E-state index contributed by atoms with van der Waals surface area (Å²) in [6.45, 7) is 2.02. The molecule has 2 N–H and O–H groups in total.